The average molecular weight is 164 g/mol. The zero-order chi connectivity index (χ0) is 6.99. The van der Waals surface area contributed by atoms with Crippen molar-refractivity contribution in [3.8, 4) is 0 Å². The molecule has 0 radical (unpaired) electrons. The SMILES string of the molecule is C[CH-]CC.FB(F)F.[K+]. The second-order valence-corrected chi connectivity index (χ2v) is 1.06. The molecule has 5 heteroatoms. The molecule has 0 atom stereocenters. The Morgan fingerprint density at radius 1 is 1.33 bits per heavy atom. The molecule has 0 aromatic heterocycles. The van der Waals surface area contributed by atoms with Crippen molar-refractivity contribution in [2.75, 3.05) is 0 Å². The number of hydrogen-bond donors (Lipinski definition) is 0. The predicted molar refractivity (Wildman–Crippen MR) is 29.3 cm³/mol. The molecule has 0 nitrogen and oxygen atoms in total. The molecule has 0 spiro atoms. The van der Waals surface area contributed by atoms with Crippen LogP contribution in [0.1, 0.15) is 20.3 Å². The van der Waals surface area contributed by atoms with Crippen LogP contribution < -0.4 is 51.4 Å². The molecular weight excluding hydrogens is 155 g/mol. The standard InChI is InChI=1S/C4H9.BF3.K/c1-3-4-2;2-1(3)4;/h3H,4H2,1-2H3;;/q-1;;+1. The van der Waals surface area contributed by atoms with Crippen LogP contribution in [0.25, 0.3) is 0 Å². The van der Waals surface area contributed by atoms with E-state index in [4.69, 9.17) is 0 Å². The third kappa shape index (κ3) is 85.8. The molecule has 0 aromatic carbocycles. The minimum Gasteiger partial charge on any atom is -0.332 e. The molecular formula is C4H9BF3K. The van der Waals surface area contributed by atoms with E-state index in [0.29, 0.717) is 0 Å². The summed E-state index contributed by atoms with van der Waals surface area (Å²) < 4.78 is 29.0. The maximum absolute atomic E-state index is 9.67. The van der Waals surface area contributed by atoms with E-state index in [0.717, 1.165) is 0 Å². The molecule has 0 aliphatic heterocycles. The summed E-state index contributed by atoms with van der Waals surface area (Å²) in [4.78, 5) is 0. The molecule has 0 unspecified atom stereocenters. The van der Waals surface area contributed by atoms with Gasteiger partial charge >= 0.3 is 58.9 Å². The summed E-state index contributed by atoms with van der Waals surface area (Å²) in [5.41, 5.74) is 0. The van der Waals surface area contributed by atoms with Crippen LogP contribution in [0.4, 0.5) is 12.9 Å². The molecule has 0 heterocycles. The number of hydrogen-bond acceptors (Lipinski definition) is 0. The van der Waals surface area contributed by atoms with E-state index in [-0.39, 0.29) is 51.4 Å². The Bertz CT molecular complexity index is 32.2. The fourth-order valence-electron chi connectivity index (χ4n) is 0. The van der Waals surface area contributed by atoms with E-state index in [1.807, 2.05) is 0 Å². The summed E-state index contributed by atoms with van der Waals surface area (Å²) in [6, 6.07) is 0. The van der Waals surface area contributed by atoms with Crippen molar-refractivity contribution in [3.63, 3.8) is 0 Å². The van der Waals surface area contributed by atoms with Crippen molar-refractivity contribution in [2.24, 2.45) is 0 Å². The predicted octanol–water partition coefficient (Wildman–Crippen LogP) is -0.496. The van der Waals surface area contributed by atoms with E-state index in [9.17, 15) is 12.9 Å². The zero-order valence-electron chi connectivity index (χ0n) is 6.00. The van der Waals surface area contributed by atoms with Crippen molar-refractivity contribution < 1.29 is 64.3 Å². The molecule has 0 fully saturated rings. The van der Waals surface area contributed by atoms with Crippen LogP contribution in [0.2, 0.25) is 0 Å². The van der Waals surface area contributed by atoms with Crippen molar-refractivity contribution in [2.45, 2.75) is 20.3 Å². The summed E-state index contributed by atoms with van der Waals surface area (Å²) in [5, 5.41) is 0. The van der Waals surface area contributed by atoms with Gasteiger partial charge in [-0.25, -0.2) is 0 Å². The summed E-state index contributed by atoms with van der Waals surface area (Å²) in [7, 11) is -3.67. The fraction of sp³-hybridized carbons (Fsp3) is 0.750. The average Bonchev–Trinajstić information content (AvgIpc) is 1.65. The number of unbranched alkanes of at least 4 members (excludes halogenated alkanes) is 1. The monoisotopic (exact) mass is 164 g/mol. The molecule has 0 bridgehead atoms. The van der Waals surface area contributed by atoms with Gasteiger partial charge in [-0.15, -0.1) is 0 Å². The van der Waals surface area contributed by atoms with Crippen LogP contribution in [0.5, 0.6) is 0 Å². The minimum absolute atomic E-state index is 0. The summed E-state index contributed by atoms with van der Waals surface area (Å²) in [6.07, 6.45) is 3.32. The Morgan fingerprint density at radius 3 is 1.44 bits per heavy atom. The molecule has 0 aliphatic rings. The first-order chi connectivity index (χ1) is 3.65. The van der Waals surface area contributed by atoms with Gasteiger partial charge in [-0.05, 0) is 0 Å². The van der Waals surface area contributed by atoms with Crippen molar-refractivity contribution in [1.29, 1.82) is 0 Å². The second-order valence-electron chi connectivity index (χ2n) is 1.06. The van der Waals surface area contributed by atoms with Crippen LogP contribution in [-0.2, 0) is 0 Å². The third-order valence-corrected chi connectivity index (χ3v) is 0.408. The fourth-order valence-corrected chi connectivity index (χ4v) is 0. The van der Waals surface area contributed by atoms with Gasteiger partial charge in [0, 0.05) is 0 Å². The zero-order valence-corrected chi connectivity index (χ0v) is 9.12. The van der Waals surface area contributed by atoms with Crippen LogP contribution >= 0.6 is 0 Å². The Hall–Kier alpha value is 1.49. The van der Waals surface area contributed by atoms with E-state index in [1.54, 1.807) is 0 Å². The van der Waals surface area contributed by atoms with Gasteiger partial charge in [-0.1, -0.05) is 6.92 Å². The van der Waals surface area contributed by atoms with Gasteiger partial charge in [-0.2, -0.15) is 13.3 Å². The summed E-state index contributed by atoms with van der Waals surface area (Å²) in [6.45, 7) is 4.18. The Kier molecular flexibility index (Phi) is 30.4. The van der Waals surface area contributed by atoms with E-state index in [2.05, 4.69) is 20.3 Å². The van der Waals surface area contributed by atoms with Crippen LogP contribution in [0, 0.1) is 6.42 Å². The molecule has 50 valence electrons. The number of rotatable bonds is 1. The van der Waals surface area contributed by atoms with Gasteiger partial charge in [0.1, 0.15) is 0 Å². The molecule has 0 rings (SSSR count). The third-order valence-electron chi connectivity index (χ3n) is 0.408. The minimum atomic E-state index is -3.67. The largest absolute Gasteiger partial charge is 1.00 e. The quantitative estimate of drug-likeness (QED) is 0.362. The van der Waals surface area contributed by atoms with Crippen LogP contribution in [0.3, 0.4) is 0 Å². The molecule has 0 N–H and O–H groups in total. The van der Waals surface area contributed by atoms with Gasteiger partial charge in [0.15, 0.2) is 0 Å². The topological polar surface area (TPSA) is 0 Å². The maximum atomic E-state index is 9.67. The number of halogens is 3. The van der Waals surface area contributed by atoms with Gasteiger partial charge < -0.3 is 6.42 Å². The smallest absolute Gasteiger partial charge is 0.332 e. The second kappa shape index (κ2) is 16.2. The van der Waals surface area contributed by atoms with Gasteiger partial charge in [0.2, 0.25) is 0 Å². The van der Waals surface area contributed by atoms with Crippen LogP contribution in [0.15, 0.2) is 0 Å². The normalized spacial score (nSPS) is 6.33. The Morgan fingerprint density at radius 2 is 1.44 bits per heavy atom. The van der Waals surface area contributed by atoms with Crippen molar-refractivity contribution in [1.82, 2.24) is 0 Å². The van der Waals surface area contributed by atoms with E-state index < -0.39 is 7.54 Å². The molecule has 0 saturated heterocycles. The van der Waals surface area contributed by atoms with Gasteiger partial charge in [0.05, 0.1) is 0 Å². The molecule has 9 heavy (non-hydrogen) atoms. The van der Waals surface area contributed by atoms with Crippen LogP contribution in [-0.4, -0.2) is 7.54 Å². The van der Waals surface area contributed by atoms with E-state index in [1.165, 1.54) is 6.42 Å². The first-order valence-corrected chi connectivity index (χ1v) is 2.35. The van der Waals surface area contributed by atoms with E-state index >= 15 is 0 Å². The Balaban J connectivity index is -0.0000000720. The Labute approximate surface area is 97.2 Å². The molecule has 0 aliphatic carbocycles. The molecule has 0 aromatic rings. The van der Waals surface area contributed by atoms with Gasteiger partial charge in [0.25, 0.3) is 0 Å². The maximum Gasteiger partial charge on any atom is 1.00 e. The first-order valence-electron chi connectivity index (χ1n) is 2.35. The van der Waals surface area contributed by atoms with Crippen molar-refractivity contribution in [3.05, 3.63) is 6.42 Å². The van der Waals surface area contributed by atoms with Gasteiger partial charge in [-0.3, -0.25) is 12.9 Å². The molecule has 0 saturated carbocycles. The first kappa shape index (κ1) is 16.8. The summed E-state index contributed by atoms with van der Waals surface area (Å²) in [5.74, 6) is 0. The van der Waals surface area contributed by atoms with Crippen molar-refractivity contribution >= 4 is 7.54 Å². The summed E-state index contributed by atoms with van der Waals surface area (Å²) >= 11 is 0. The molecule has 0 amide bonds.